The predicted molar refractivity (Wildman–Crippen MR) is 79.8 cm³/mol. The van der Waals surface area contributed by atoms with Crippen LogP contribution in [0.3, 0.4) is 0 Å². The molecule has 1 atom stereocenters. The number of carbonyl (C=O) groups is 2. The topological polar surface area (TPSA) is 70.7 Å². The number of carbonyl (C=O) groups excluding carboxylic acids is 2. The van der Waals surface area contributed by atoms with Crippen LogP contribution in [-0.2, 0) is 14.3 Å². The molecule has 120 valence electrons. The maximum absolute atomic E-state index is 12.8. The molecule has 2 aliphatic heterocycles. The fourth-order valence-electron chi connectivity index (χ4n) is 3.34. The summed E-state index contributed by atoms with van der Waals surface area (Å²) in [5.74, 6) is 0.212. The zero-order valence-electron chi connectivity index (χ0n) is 13.1. The average Bonchev–Trinajstić information content (AvgIpc) is 2.97. The Morgan fingerprint density at radius 2 is 2.10 bits per heavy atom. The third-order valence-electron chi connectivity index (χ3n) is 4.80. The standard InChI is InChI=1S/C15H27N3O3/c1-3-15(6-7-16-11-15)14(20)18-8-4-12(5-9-18)17-13(19)10-21-2/h12,16H,3-11H2,1-2H3,(H,17,19). The van der Waals surface area contributed by atoms with Crippen molar-refractivity contribution in [2.45, 2.75) is 38.6 Å². The number of piperidine rings is 1. The highest BCUT2D eigenvalue weighted by atomic mass is 16.5. The zero-order valence-corrected chi connectivity index (χ0v) is 13.1. The molecule has 2 saturated heterocycles. The van der Waals surface area contributed by atoms with Gasteiger partial charge < -0.3 is 20.3 Å². The first-order valence-electron chi connectivity index (χ1n) is 7.89. The van der Waals surface area contributed by atoms with Gasteiger partial charge >= 0.3 is 0 Å². The molecule has 0 bridgehead atoms. The van der Waals surface area contributed by atoms with E-state index in [4.69, 9.17) is 4.74 Å². The summed E-state index contributed by atoms with van der Waals surface area (Å²) in [5.41, 5.74) is -0.202. The van der Waals surface area contributed by atoms with Crippen molar-refractivity contribution in [2.75, 3.05) is 39.9 Å². The monoisotopic (exact) mass is 297 g/mol. The van der Waals surface area contributed by atoms with Gasteiger partial charge in [-0.1, -0.05) is 6.92 Å². The molecule has 2 rings (SSSR count). The Bertz CT molecular complexity index is 372. The van der Waals surface area contributed by atoms with E-state index in [-0.39, 0.29) is 29.9 Å². The lowest BCUT2D eigenvalue weighted by Crippen LogP contribution is -2.51. The van der Waals surface area contributed by atoms with Crippen LogP contribution in [0.2, 0.25) is 0 Å². The first-order chi connectivity index (χ1) is 10.1. The van der Waals surface area contributed by atoms with Crippen LogP contribution in [0, 0.1) is 5.41 Å². The molecule has 2 fully saturated rings. The van der Waals surface area contributed by atoms with Crippen molar-refractivity contribution in [3.8, 4) is 0 Å². The molecule has 2 aliphatic rings. The molecule has 21 heavy (non-hydrogen) atoms. The Hall–Kier alpha value is -1.14. The van der Waals surface area contributed by atoms with Crippen LogP contribution in [0.5, 0.6) is 0 Å². The lowest BCUT2D eigenvalue weighted by molar-refractivity contribution is -0.142. The molecule has 2 amide bonds. The number of hydrogen-bond donors (Lipinski definition) is 2. The zero-order chi connectivity index (χ0) is 15.3. The van der Waals surface area contributed by atoms with Crippen molar-refractivity contribution in [2.24, 2.45) is 5.41 Å². The lowest BCUT2D eigenvalue weighted by Gasteiger charge is -2.38. The first kappa shape index (κ1) is 16.2. The van der Waals surface area contributed by atoms with Gasteiger partial charge in [-0.3, -0.25) is 9.59 Å². The van der Waals surface area contributed by atoms with E-state index < -0.39 is 0 Å². The van der Waals surface area contributed by atoms with Crippen LogP contribution in [0.15, 0.2) is 0 Å². The summed E-state index contributed by atoms with van der Waals surface area (Å²) in [7, 11) is 1.51. The molecule has 6 heteroatoms. The van der Waals surface area contributed by atoms with Crippen LogP contribution in [0.1, 0.15) is 32.6 Å². The maximum atomic E-state index is 12.8. The highest BCUT2D eigenvalue weighted by Crippen LogP contribution is 2.32. The van der Waals surface area contributed by atoms with Gasteiger partial charge in [0, 0.05) is 32.8 Å². The van der Waals surface area contributed by atoms with Gasteiger partial charge in [0.15, 0.2) is 0 Å². The van der Waals surface area contributed by atoms with Gasteiger partial charge in [-0.05, 0) is 32.2 Å². The SMILES string of the molecule is CCC1(C(=O)N2CCC(NC(=O)COC)CC2)CCNC1. The van der Waals surface area contributed by atoms with E-state index in [2.05, 4.69) is 17.6 Å². The number of amides is 2. The van der Waals surface area contributed by atoms with Crippen molar-refractivity contribution >= 4 is 11.8 Å². The second-order valence-electron chi connectivity index (χ2n) is 6.13. The second-order valence-corrected chi connectivity index (χ2v) is 6.13. The third kappa shape index (κ3) is 3.74. The van der Waals surface area contributed by atoms with Crippen molar-refractivity contribution in [1.29, 1.82) is 0 Å². The Labute approximate surface area is 126 Å². The number of rotatable bonds is 5. The number of ether oxygens (including phenoxy) is 1. The smallest absolute Gasteiger partial charge is 0.246 e. The summed E-state index contributed by atoms with van der Waals surface area (Å²) < 4.78 is 4.82. The quantitative estimate of drug-likeness (QED) is 0.757. The summed E-state index contributed by atoms with van der Waals surface area (Å²) in [6, 6.07) is 0.163. The van der Waals surface area contributed by atoms with Gasteiger partial charge in [-0.25, -0.2) is 0 Å². The van der Waals surface area contributed by atoms with Crippen LogP contribution < -0.4 is 10.6 Å². The molecular weight excluding hydrogens is 270 g/mol. The summed E-state index contributed by atoms with van der Waals surface area (Å²) in [5, 5.41) is 6.27. The Kier molecular flexibility index (Phi) is 5.58. The van der Waals surface area contributed by atoms with E-state index in [1.807, 2.05) is 4.90 Å². The molecule has 2 N–H and O–H groups in total. The second kappa shape index (κ2) is 7.22. The van der Waals surface area contributed by atoms with E-state index in [1.54, 1.807) is 0 Å². The van der Waals surface area contributed by atoms with Gasteiger partial charge in [-0.2, -0.15) is 0 Å². The Morgan fingerprint density at radius 1 is 1.38 bits per heavy atom. The molecule has 0 aromatic carbocycles. The van der Waals surface area contributed by atoms with E-state index in [0.29, 0.717) is 0 Å². The Morgan fingerprint density at radius 3 is 2.62 bits per heavy atom. The lowest BCUT2D eigenvalue weighted by atomic mass is 9.82. The molecule has 1 unspecified atom stereocenters. The number of hydrogen-bond acceptors (Lipinski definition) is 4. The first-order valence-corrected chi connectivity index (χ1v) is 7.89. The molecule has 6 nitrogen and oxygen atoms in total. The molecule has 0 aromatic rings. The van der Waals surface area contributed by atoms with Crippen LogP contribution >= 0.6 is 0 Å². The fraction of sp³-hybridized carbons (Fsp3) is 0.867. The van der Waals surface area contributed by atoms with E-state index in [0.717, 1.165) is 51.9 Å². The molecule has 0 saturated carbocycles. The molecule has 0 spiro atoms. The maximum Gasteiger partial charge on any atom is 0.246 e. The summed E-state index contributed by atoms with van der Waals surface area (Å²) in [6.07, 6.45) is 3.49. The van der Waals surface area contributed by atoms with Crippen molar-refractivity contribution < 1.29 is 14.3 Å². The van der Waals surface area contributed by atoms with Gasteiger partial charge in [0.25, 0.3) is 0 Å². The summed E-state index contributed by atoms with van der Waals surface area (Å²) in [6.45, 7) is 5.40. The molecule has 0 radical (unpaired) electrons. The van der Waals surface area contributed by atoms with Crippen LogP contribution in [0.25, 0.3) is 0 Å². The van der Waals surface area contributed by atoms with E-state index in [1.165, 1.54) is 7.11 Å². The van der Waals surface area contributed by atoms with Crippen molar-refractivity contribution in [3.05, 3.63) is 0 Å². The van der Waals surface area contributed by atoms with Gasteiger partial charge in [0.1, 0.15) is 6.61 Å². The van der Waals surface area contributed by atoms with Crippen LogP contribution in [-0.4, -0.2) is 62.7 Å². The normalized spacial score (nSPS) is 26.9. The summed E-state index contributed by atoms with van der Waals surface area (Å²) in [4.78, 5) is 26.3. The van der Waals surface area contributed by atoms with Gasteiger partial charge in [0.05, 0.1) is 5.41 Å². The molecule has 2 heterocycles. The molecule has 0 aromatic heterocycles. The number of nitrogens with one attached hydrogen (secondary N) is 2. The van der Waals surface area contributed by atoms with E-state index >= 15 is 0 Å². The fourth-order valence-corrected chi connectivity index (χ4v) is 3.34. The predicted octanol–water partition coefficient (Wildman–Crippen LogP) is 0.130. The number of methoxy groups -OCH3 is 1. The molecule has 0 aliphatic carbocycles. The van der Waals surface area contributed by atoms with Crippen molar-refractivity contribution in [3.63, 3.8) is 0 Å². The largest absolute Gasteiger partial charge is 0.375 e. The van der Waals surface area contributed by atoms with Crippen molar-refractivity contribution in [1.82, 2.24) is 15.5 Å². The highest BCUT2D eigenvalue weighted by molar-refractivity contribution is 5.83. The minimum atomic E-state index is -0.202. The minimum Gasteiger partial charge on any atom is -0.375 e. The average molecular weight is 297 g/mol. The van der Waals surface area contributed by atoms with Gasteiger partial charge in [0.2, 0.25) is 11.8 Å². The highest BCUT2D eigenvalue weighted by Gasteiger charge is 2.42. The molecular formula is C15H27N3O3. The van der Waals surface area contributed by atoms with Crippen LogP contribution in [0.4, 0.5) is 0 Å². The minimum absolute atomic E-state index is 0.0766. The van der Waals surface area contributed by atoms with Gasteiger partial charge in [-0.15, -0.1) is 0 Å². The Balaban J connectivity index is 1.83. The number of nitrogens with zero attached hydrogens (tertiary/aromatic N) is 1. The number of likely N-dealkylation sites (tertiary alicyclic amines) is 1. The summed E-state index contributed by atoms with van der Waals surface area (Å²) >= 11 is 0. The third-order valence-corrected chi connectivity index (χ3v) is 4.80. The van der Waals surface area contributed by atoms with E-state index in [9.17, 15) is 9.59 Å².